The number of hydrogen-bond acceptors (Lipinski definition) is 6. The van der Waals surface area contributed by atoms with Gasteiger partial charge >= 0.3 is 0 Å². The zero-order chi connectivity index (χ0) is 16.7. The first-order chi connectivity index (χ1) is 10.4. The molecule has 1 fully saturated rings. The van der Waals surface area contributed by atoms with Crippen molar-refractivity contribution in [1.29, 1.82) is 0 Å². The summed E-state index contributed by atoms with van der Waals surface area (Å²) in [4.78, 5) is 0. The lowest BCUT2D eigenvalue weighted by Crippen LogP contribution is -2.49. The second-order valence-corrected chi connectivity index (χ2v) is 6.87. The van der Waals surface area contributed by atoms with Gasteiger partial charge in [0.15, 0.2) is 5.79 Å². The molecular weight excluding hydrogens is 288 g/mol. The van der Waals surface area contributed by atoms with Crippen LogP contribution < -0.4 is 0 Å². The quantitative estimate of drug-likeness (QED) is 0.472. The standard InChI is InChI=1S/C16H32O6/c1-3-15(9-18)12-21-14(2,22-13-15)5-4-6-16(10-19,11-20)7-8-17/h17-20H,3-13H2,1-2H3. The zero-order valence-corrected chi connectivity index (χ0v) is 13.9. The maximum atomic E-state index is 9.48. The molecular formula is C16H32O6. The minimum absolute atomic E-state index is 0.0498. The van der Waals surface area contributed by atoms with Crippen molar-refractivity contribution < 1.29 is 29.9 Å². The molecule has 1 rings (SSSR count). The Labute approximate surface area is 133 Å². The lowest BCUT2D eigenvalue weighted by atomic mass is 9.80. The minimum Gasteiger partial charge on any atom is -0.396 e. The van der Waals surface area contributed by atoms with Gasteiger partial charge in [0.1, 0.15) is 0 Å². The van der Waals surface area contributed by atoms with Gasteiger partial charge in [0.25, 0.3) is 0 Å². The van der Waals surface area contributed by atoms with Crippen molar-refractivity contribution in [1.82, 2.24) is 0 Å². The fraction of sp³-hybridized carbons (Fsp3) is 1.00. The van der Waals surface area contributed by atoms with Crippen LogP contribution in [0.3, 0.4) is 0 Å². The average molecular weight is 320 g/mol. The molecule has 1 aliphatic rings. The highest BCUT2D eigenvalue weighted by molar-refractivity contribution is 4.84. The van der Waals surface area contributed by atoms with Crippen molar-refractivity contribution in [2.24, 2.45) is 10.8 Å². The first kappa shape index (κ1) is 19.8. The summed E-state index contributed by atoms with van der Waals surface area (Å²) >= 11 is 0. The van der Waals surface area contributed by atoms with Gasteiger partial charge in [-0.05, 0) is 32.6 Å². The molecule has 0 spiro atoms. The molecule has 4 N–H and O–H groups in total. The van der Waals surface area contributed by atoms with Gasteiger partial charge < -0.3 is 29.9 Å². The van der Waals surface area contributed by atoms with Gasteiger partial charge in [-0.15, -0.1) is 0 Å². The summed E-state index contributed by atoms with van der Waals surface area (Å²) in [5, 5.41) is 37.5. The predicted octanol–water partition coefficient (Wildman–Crippen LogP) is 0.662. The minimum atomic E-state index is -0.691. The topological polar surface area (TPSA) is 99.4 Å². The van der Waals surface area contributed by atoms with E-state index < -0.39 is 11.2 Å². The van der Waals surface area contributed by atoms with Crippen molar-refractivity contribution >= 4 is 0 Å². The Morgan fingerprint density at radius 2 is 1.59 bits per heavy atom. The smallest absolute Gasteiger partial charge is 0.165 e. The van der Waals surface area contributed by atoms with E-state index in [2.05, 4.69) is 0 Å². The van der Waals surface area contributed by atoms with E-state index in [9.17, 15) is 15.3 Å². The molecule has 6 heteroatoms. The van der Waals surface area contributed by atoms with Crippen molar-refractivity contribution in [2.75, 3.05) is 39.6 Å². The van der Waals surface area contributed by atoms with Crippen molar-refractivity contribution in [2.45, 2.75) is 51.7 Å². The largest absolute Gasteiger partial charge is 0.396 e. The van der Waals surface area contributed by atoms with E-state index in [-0.39, 0.29) is 31.8 Å². The summed E-state index contributed by atoms with van der Waals surface area (Å²) < 4.78 is 11.7. The van der Waals surface area contributed by atoms with Crippen LogP contribution in [0.25, 0.3) is 0 Å². The highest BCUT2D eigenvalue weighted by Crippen LogP contribution is 2.36. The Hall–Kier alpha value is -0.240. The number of aliphatic hydroxyl groups excluding tert-OH is 4. The third-order valence-electron chi connectivity index (χ3n) is 5.10. The molecule has 0 unspecified atom stereocenters. The van der Waals surface area contributed by atoms with Gasteiger partial charge in [-0.3, -0.25) is 0 Å². The lowest BCUT2D eigenvalue weighted by Gasteiger charge is -2.44. The molecule has 0 radical (unpaired) electrons. The van der Waals surface area contributed by atoms with Crippen LogP contribution in [0, 0.1) is 10.8 Å². The van der Waals surface area contributed by atoms with Crippen molar-refractivity contribution in [3.8, 4) is 0 Å². The molecule has 0 atom stereocenters. The van der Waals surface area contributed by atoms with E-state index in [0.717, 1.165) is 12.8 Å². The number of hydrogen-bond donors (Lipinski definition) is 4. The van der Waals surface area contributed by atoms with Crippen molar-refractivity contribution in [3.05, 3.63) is 0 Å². The van der Waals surface area contributed by atoms with Crippen LogP contribution in [0.4, 0.5) is 0 Å². The third kappa shape index (κ3) is 4.88. The van der Waals surface area contributed by atoms with E-state index in [4.69, 9.17) is 14.6 Å². The molecule has 0 aromatic rings. The van der Waals surface area contributed by atoms with Crippen LogP contribution in [-0.4, -0.2) is 65.9 Å². The average Bonchev–Trinajstić information content (AvgIpc) is 2.55. The Bertz CT molecular complexity index is 302. The second kappa shape index (κ2) is 8.57. The van der Waals surface area contributed by atoms with Crippen LogP contribution in [0.15, 0.2) is 0 Å². The van der Waals surface area contributed by atoms with Gasteiger partial charge in [-0.1, -0.05) is 6.92 Å². The van der Waals surface area contributed by atoms with Crippen LogP contribution in [0.1, 0.15) is 46.0 Å². The maximum absolute atomic E-state index is 9.48. The summed E-state index contributed by atoms with van der Waals surface area (Å²) in [6.45, 7) is 4.54. The molecule has 22 heavy (non-hydrogen) atoms. The van der Waals surface area contributed by atoms with Gasteiger partial charge in [-0.2, -0.15) is 0 Å². The monoisotopic (exact) mass is 320 g/mol. The molecule has 6 nitrogen and oxygen atoms in total. The Kier molecular flexibility index (Phi) is 7.71. The summed E-state index contributed by atoms with van der Waals surface area (Å²) in [7, 11) is 0. The van der Waals surface area contributed by atoms with E-state index in [1.165, 1.54) is 0 Å². The molecule has 0 aromatic carbocycles. The fourth-order valence-corrected chi connectivity index (χ4v) is 2.76. The van der Waals surface area contributed by atoms with Gasteiger partial charge in [0, 0.05) is 23.9 Å². The van der Waals surface area contributed by atoms with Crippen LogP contribution >= 0.6 is 0 Å². The molecule has 0 aromatic heterocycles. The Morgan fingerprint density at radius 1 is 1.00 bits per heavy atom. The SMILES string of the molecule is CCC1(CO)COC(C)(CCCC(CO)(CO)CCO)OC1. The molecule has 0 saturated carbocycles. The number of ether oxygens (including phenoxy) is 2. The fourth-order valence-electron chi connectivity index (χ4n) is 2.76. The van der Waals surface area contributed by atoms with Crippen LogP contribution in [0.5, 0.6) is 0 Å². The Balaban J connectivity index is 2.47. The third-order valence-corrected chi connectivity index (χ3v) is 5.10. The summed E-state index contributed by atoms with van der Waals surface area (Å²) in [6, 6.07) is 0. The molecule has 0 bridgehead atoms. The second-order valence-electron chi connectivity index (χ2n) is 6.87. The van der Waals surface area contributed by atoms with E-state index in [1.807, 2.05) is 13.8 Å². The number of aliphatic hydroxyl groups is 4. The first-order valence-corrected chi connectivity index (χ1v) is 8.14. The van der Waals surface area contributed by atoms with Crippen LogP contribution in [0.2, 0.25) is 0 Å². The van der Waals surface area contributed by atoms with Crippen molar-refractivity contribution in [3.63, 3.8) is 0 Å². The lowest BCUT2D eigenvalue weighted by molar-refractivity contribution is -0.303. The van der Waals surface area contributed by atoms with Crippen LogP contribution in [-0.2, 0) is 9.47 Å². The normalized spacial score (nSPS) is 29.7. The summed E-state index contributed by atoms with van der Waals surface area (Å²) in [6.07, 6.45) is 3.14. The number of rotatable bonds is 10. The van der Waals surface area contributed by atoms with E-state index in [0.29, 0.717) is 32.5 Å². The summed E-state index contributed by atoms with van der Waals surface area (Å²) in [5.74, 6) is -0.691. The van der Waals surface area contributed by atoms with Gasteiger partial charge in [-0.25, -0.2) is 0 Å². The molecule has 1 aliphatic heterocycles. The first-order valence-electron chi connectivity index (χ1n) is 8.14. The zero-order valence-electron chi connectivity index (χ0n) is 13.9. The van der Waals surface area contributed by atoms with E-state index >= 15 is 0 Å². The summed E-state index contributed by atoms with van der Waals surface area (Å²) in [5.41, 5.74) is -0.950. The highest BCUT2D eigenvalue weighted by Gasteiger charge is 2.41. The molecule has 0 aliphatic carbocycles. The highest BCUT2D eigenvalue weighted by atomic mass is 16.7. The molecule has 1 saturated heterocycles. The predicted molar refractivity (Wildman–Crippen MR) is 82.3 cm³/mol. The molecule has 0 amide bonds. The van der Waals surface area contributed by atoms with E-state index in [1.54, 1.807) is 0 Å². The molecule has 132 valence electrons. The molecule has 1 heterocycles. The van der Waals surface area contributed by atoms with Gasteiger partial charge in [0.2, 0.25) is 0 Å². The Morgan fingerprint density at radius 3 is 2.00 bits per heavy atom. The van der Waals surface area contributed by atoms with Gasteiger partial charge in [0.05, 0.1) is 33.0 Å². The maximum Gasteiger partial charge on any atom is 0.165 e.